The number of aryl methyl sites for hydroxylation is 2. The summed E-state index contributed by atoms with van der Waals surface area (Å²) in [6.07, 6.45) is 5.54. The molecule has 1 aliphatic rings. The molecule has 1 aliphatic heterocycles. The van der Waals surface area contributed by atoms with Crippen molar-refractivity contribution in [2.75, 3.05) is 18.6 Å². The summed E-state index contributed by atoms with van der Waals surface area (Å²) >= 11 is 0. The first-order valence-electron chi connectivity index (χ1n) is 8.50. The van der Waals surface area contributed by atoms with Crippen LogP contribution < -0.4 is 4.74 Å². The summed E-state index contributed by atoms with van der Waals surface area (Å²) in [5.74, 6) is 3.90. The quantitative estimate of drug-likeness (QED) is 0.265. The van der Waals surface area contributed by atoms with Crippen molar-refractivity contribution < 1.29 is 29.9 Å². The normalized spacial score (nSPS) is 22.8. The third kappa shape index (κ3) is 9.36. The van der Waals surface area contributed by atoms with Gasteiger partial charge in [-0.25, -0.2) is 0 Å². The van der Waals surface area contributed by atoms with Crippen molar-refractivity contribution in [3.05, 3.63) is 28.8 Å². The van der Waals surface area contributed by atoms with Gasteiger partial charge in [-0.15, -0.1) is 0 Å². The second-order valence-electron chi connectivity index (χ2n) is 6.56. The summed E-state index contributed by atoms with van der Waals surface area (Å²) in [5.41, 5.74) is 4.48. The van der Waals surface area contributed by atoms with E-state index in [4.69, 9.17) is 4.74 Å². The molecule has 26 heavy (non-hydrogen) atoms. The SMILES string of the molecule is CCCC[S+]1CCCC1c1c(C)cc(OC)cc1C.F[P-](F)(F)(F)(F)F. The molecule has 154 valence electrons. The zero-order valence-electron chi connectivity index (χ0n) is 15.5. The van der Waals surface area contributed by atoms with E-state index >= 15 is 0 Å². The van der Waals surface area contributed by atoms with E-state index in [0.717, 1.165) is 11.0 Å². The fourth-order valence-electron chi connectivity index (χ4n) is 3.21. The molecule has 0 aliphatic carbocycles. The van der Waals surface area contributed by atoms with Crippen LogP contribution in [-0.2, 0) is 10.9 Å². The molecular formula is C17H27F6OPS. The van der Waals surface area contributed by atoms with Crippen LogP contribution in [0.4, 0.5) is 25.2 Å². The molecule has 2 rings (SSSR count). The molecule has 0 amide bonds. The number of ether oxygens (including phenoxy) is 1. The molecule has 1 aromatic carbocycles. The van der Waals surface area contributed by atoms with Crippen LogP contribution in [0.25, 0.3) is 0 Å². The van der Waals surface area contributed by atoms with Crippen LogP contribution in [0.2, 0.25) is 0 Å². The first kappa shape index (κ1) is 23.4. The van der Waals surface area contributed by atoms with E-state index in [9.17, 15) is 25.2 Å². The number of hydrogen-bond donors (Lipinski definition) is 0. The zero-order chi connectivity index (χ0) is 20.2. The number of unbranched alkanes of at least 4 members (excludes halogenated alkanes) is 1. The van der Waals surface area contributed by atoms with Crippen molar-refractivity contribution in [1.29, 1.82) is 0 Å². The Labute approximate surface area is 154 Å². The summed E-state index contributed by atoms with van der Waals surface area (Å²) in [7, 11) is -8.28. The van der Waals surface area contributed by atoms with Gasteiger partial charge in [-0.1, -0.05) is 13.3 Å². The van der Waals surface area contributed by atoms with Gasteiger partial charge in [-0.05, 0) is 60.8 Å². The van der Waals surface area contributed by atoms with Gasteiger partial charge in [0, 0.05) is 12.0 Å². The minimum atomic E-state index is -10.7. The van der Waals surface area contributed by atoms with Gasteiger partial charge in [0.05, 0.1) is 7.11 Å². The second kappa shape index (κ2) is 7.78. The second-order valence-corrected chi connectivity index (χ2v) is 10.9. The maximum absolute atomic E-state index is 10.7. The van der Waals surface area contributed by atoms with Crippen molar-refractivity contribution >= 4 is 18.7 Å². The predicted molar refractivity (Wildman–Crippen MR) is 100 cm³/mol. The van der Waals surface area contributed by atoms with Gasteiger partial charge in [0.1, 0.15) is 22.5 Å². The third-order valence-electron chi connectivity index (χ3n) is 4.16. The van der Waals surface area contributed by atoms with Crippen LogP contribution in [0.3, 0.4) is 0 Å². The van der Waals surface area contributed by atoms with E-state index in [1.165, 1.54) is 48.3 Å². The first-order valence-corrected chi connectivity index (χ1v) is 12.2. The van der Waals surface area contributed by atoms with Crippen molar-refractivity contribution in [1.82, 2.24) is 0 Å². The van der Waals surface area contributed by atoms with E-state index in [1.807, 2.05) is 0 Å². The fourth-order valence-corrected chi connectivity index (χ4v) is 6.38. The van der Waals surface area contributed by atoms with Crippen LogP contribution in [-0.4, -0.2) is 18.6 Å². The van der Waals surface area contributed by atoms with Crippen LogP contribution in [0.15, 0.2) is 12.1 Å². The van der Waals surface area contributed by atoms with Crippen LogP contribution in [0.1, 0.15) is 54.5 Å². The Hall–Kier alpha value is -0.620. The van der Waals surface area contributed by atoms with Gasteiger partial charge in [-0.3, -0.25) is 0 Å². The molecule has 0 spiro atoms. The summed E-state index contributed by atoms with van der Waals surface area (Å²) in [4.78, 5) is 0. The molecule has 0 aromatic heterocycles. The summed E-state index contributed by atoms with van der Waals surface area (Å²) < 4.78 is 64.6. The molecular weight excluding hydrogens is 397 g/mol. The van der Waals surface area contributed by atoms with E-state index in [-0.39, 0.29) is 0 Å². The van der Waals surface area contributed by atoms with Gasteiger partial charge in [0.2, 0.25) is 0 Å². The Kier molecular flexibility index (Phi) is 7.01. The average molecular weight is 424 g/mol. The minimum absolute atomic E-state index is 0.614. The van der Waals surface area contributed by atoms with Gasteiger partial charge in [0.15, 0.2) is 0 Å². The molecule has 2 atom stereocenters. The summed E-state index contributed by atoms with van der Waals surface area (Å²) in [6.45, 7) is 6.81. The molecule has 0 N–H and O–H groups in total. The van der Waals surface area contributed by atoms with Crippen LogP contribution in [0, 0.1) is 13.8 Å². The van der Waals surface area contributed by atoms with Gasteiger partial charge in [-0.2, -0.15) is 0 Å². The molecule has 1 saturated heterocycles. The van der Waals surface area contributed by atoms with E-state index in [2.05, 4.69) is 32.9 Å². The summed E-state index contributed by atoms with van der Waals surface area (Å²) in [6, 6.07) is 4.42. The predicted octanol–water partition coefficient (Wildman–Crippen LogP) is 7.95. The molecule has 1 heterocycles. The van der Waals surface area contributed by atoms with Crippen molar-refractivity contribution in [3.63, 3.8) is 0 Å². The first-order chi connectivity index (χ1) is 11.6. The number of benzene rings is 1. The Morgan fingerprint density at radius 2 is 1.58 bits per heavy atom. The van der Waals surface area contributed by atoms with Crippen molar-refractivity contribution in [2.24, 2.45) is 0 Å². The molecule has 1 aromatic rings. The van der Waals surface area contributed by atoms with Crippen molar-refractivity contribution in [3.8, 4) is 5.75 Å². The average Bonchev–Trinajstić information content (AvgIpc) is 2.89. The molecule has 0 bridgehead atoms. The van der Waals surface area contributed by atoms with Crippen molar-refractivity contribution in [2.45, 2.75) is 51.7 Å². The standard InChI is InChI=1S/C17H27OS.F6P/c1-5-6-9-19-10-7-8-16(19)17-13(2)11-15(18-4)12-14(17)3;1-7(2,3,4,5)6/h11-12,16H,5-10H2,1-4H3;/q+1;-1. The number of halogens is 6. The van der Waals surface area contributed by atoms with E-state index in [1.54, 1.807) is 12.7 Å². The third-order valence-corrected chi connectivity index (χ3v) is 7.06. The van der Waals surface area contributed by atoms with Crippen LogP contribution >= 0.6 is 7.81 Å². The van der Waals surface area contributed by atoms with E-state index < -0.39 is 7.81 Å². The maximum atomic E-state index is 9.87. The molecule has 1 nitrogen and oxygen atoms in total. The van der Waals surface area contributed by atoms with Gasteiger partial charge < -0.3 is 4.74 Å². The molecule has 1 fully saturated rings. The zero-order valence-corrected chi connectivity index (χ0v) is 17.2. The Morgan fingerprint density at radius 1 is 1.08 bits per heavy atom. The van der Waals surface area contributed by atoms with Gasteiger partial charge in [0.25, 0.3) is 0 Å². The van der Waals surface area contributed by atoms with Crippen LogP contribution in [0.5, 0.6) is 5.75 Å². The molecule has 9 heteroatoms. The summed E-state index contributed by atoms with van der Waals surface area (Å²) in [5, 5.41) is 0.817. The topological polar surface area (TPSA) is 9.23 Å². The monoisotopic (exact) mass is 424 g/mol. The molecule has 0 radical (unpaired) electrons. The fraction of sp³-hybridized carbons (Fsp3) is 0.647. The van der Waals surface area contributed by atoms with E-state index in [0.29, 0.717) is 10.9 Å². The number of rotatable bonds is 5. The number of methoxy groups -OCH3 is 1. The Bertz CT molecular complexity index is 583. The Morgan fingerprint density at radius 3 is 2.00 bits per heavy atom. The van der Waals surface area contributed by atoms with Gasteiger partial charge >= 0.3 is 33.0 Å². The molecule has 2 unspecified atom stereocenters. The Balaban J connectivity index is 0.000000412. The number of hydrogen-bond acceptors (Lipinski definition) is 1. The molecule has 0 saturated carbocycles.